The smallest absolute Gasteiger partial charge is 0.333 e. The standard InChI is InChI=1S/C2H6N2O4S/c3-2(5)1-4-9(6,7)8/h4H,1H2,(H2,3,5)(H,6,7,8). The van der Waals surface area contributed by atoms with E-state index in [-0.39, 0.29) is 0 Å². The zero-order valence-corrected chi connectivity index (χ0v) is 5.18. The van der Waals surface area contributed by atoms with Gasteiger partial charge in [0.2, 0.25) is 5.91 Å². The Hall–Kier alpha value is -0.660. The molecular weight excluding hydrogens is 148 g/mol. The second-order valence-corrected chi connectivity index (χ2v) is 2.50. The maximum absolute atomic E-state index is 9.83. The Kier molecular flexibility index (Phi) is 2.56. The van der Waals surface area contributed by atoms with Gasteiger partial charge in [0.05, 0.1) is 6.54 Å². The monoisotopic (exact) mass is 154 g/mol. The number of amides is 1. The maximum atomic E-state index is 9.83. The van der Waals surface area contributed by atoms with Gasteiger partial charge in [0.25, 0.3) is 0 Å². The molecule has 4 N–H and O–H groups in total. The SMILES string of the molecule is NC(=O)CNS(=O)(=O)O. The van der Waals surface area contributed by atoms with Gasteiger partial charge < -0.3 is 5.73 Å². The van der Waals surface area contributed by atoms with Crippen LogP contribution in [0, 0.1) is 0 Å². The topological polar surface area (TPSA) is 109 Å². The third-order valence-electron chi connectivity index (χ3n) is 0.429. The summed E-state index contributed by atoms with van der Waals surface area (Å²) in [4.78, 5) is 9.83. The van der Waals surface area contributed by atoms with Crippen molar-refractivity contribution in [2.75, 3.05) is 6.54 Å². The summed E-state index contributed by atoms with van der Waals surface area (Å²) in [5.74, 6) is -0.854. The summed E-state index contributed by atoms with van der Waals surface area (Å²) < 4.78 is 28.9. The lowest BCUT2D eigenvalue weighted by atomic mass is 10.7. The lowest BCUT2D eigenvalue weighted by Crippen LogP contribution is -2.32. The average molecular weight is 154 g/mol. The van der Waals surface area contributed by atoms with Gasteiger partial charge in [-0.3, -0.25) is 9.35 Å². The van der Waals surface area contributed by atoms with Crippen molar-refractivity contribution < 1.29 is 17.8 Å². The number of carbonyl (C=O) groups is 1. The normalized spacial score (nSPS) is 11.2. The molecule has 0 saturated carbocycles. The van der Waals surface area contributed by atoms with Crippen molar-refractivity contribution in [1.29, 1.82) is 0 Å². The van der Waals surface area contributed by atoms with Crippen LogP contribution in [0.25, 0.3) is 0 Å². The molecule has 0 atom stereocenters. The minimum Gasteiger partial charge on any atom is -0.369 e. The van der Waals surface area contributed by atoms with E-state index in [0.29, 0.717) is 0 Å². The number of primary amides is 1. The highest BCUT2D eigenvalue weighted by atomic mass is 32.2. The average Bonchev–Trinajstić information content (AvgIpc) is 1.59. The Bertz CT molecular complexity index is 195. The van der Waals surface area contributed by atoms with Gasteiger partial charge in [0.1, 0.15) is 0 Å². The molecule has 0 fully saturated rings. The molecule has 54 valence electrons. The van der Waals surface area contributed by atoms with Crippen LogP contribution in [-0.2, 0) is 15.1 Å². The quantitative estimate of drug-likeness (QED) is 0.403. The fourth-order valence-corrected chi connectivity index (χ4v) is 0.487. The van der Waals surface area contributed by atoms with Crippen LogP contribution in [0.2, 0.25) is 0 Å². The zero-order valence-electron chi connectivity index (χ0n) is 4.36. The summed E-state index contributed by atoms with van der Waals surface area (Å²) in [5.41, 5.74) is 4.52. The van der Waals surface area contributed by atoms with Crippen molar-refractivity contribution in [3.8, 4) is 0 Å². The van der Waals surface area contributed by atoms with E-state index < -0.39 is 22.8 Å². The van der Waals surface area contributed by atoms with E-state index >= 15 is 0 Å². The minimum atomic E-state index is -4.27. The first-order chi connectivity index (χ1) is 3.92. The molecule has 0 heterocycles. The van der Waals surface area contributed by atoms with Crippen LogP contribution in [0.4, 0.5) is 0 Å². The molecule has 0 aliphatic heterocycles. The molecule has 1 amide bonds. The van der Waals surface area contributed by atoms with Crippen molar-refractivity contribution >= 4 is 16.2 Å². The first kappa shape index (κ1) is 8.34. The van der Waals surface area contributed by atoms with Crippen LogP contribution in [0.15, 0.2) is 0 Å². The Labute approximate surface area is 51.9 Å². The van der Waals surface area contributed by atoms with Crippen molar-refractivity contribution in [3.05, 3.63) is 0 Å². The fourth-order valence-electron chi connectivity index (χ4n) is 0.162. The highest BCUT2D eigenvalue weighted by Crippen LogP contribution is 1.68. The Morgan fingerprint density at radius 3 is 2.22 bits per heavy atom. The molecular formula is C2H6N2O4S. The van der Waals surface area contributed by atoms with Gasteiger partial charge in [-0.25, -0.2) is 0 Å². The molecule has 0 rings (SSSR count). The lowest BCUT2D eigenvalue weighted by Gasteiger charge is -1.93. The largest absolute Gasteiger partial charge is 0.369 e. The molecule has 6 nitrogen and oxygen atoms in total. The molecule has 0 aromatic heterocycles. The molecule has 0 aliphatic rings. The second-order valence-electron chi connectivity index (χ2n) is 1.26. The number of hydrogen-bond donors (Lipinski definition) is 3. The molecule has 0 unspecified atom stereocenters. The highest BCUT2D eigenvalue weighted by molar-refractivity contribution is 7.83. The second kappa shape index (κ2) is 2.76. The maximum Gasteiger partial charge on any atom is 0.333 e. The van der Waals surface area contributed by atoms with Crippen molar-refractivity contribution in [3.63, 3.8) is 0 Å². The molecule has 0 spiro atoms. The summed E-state index contributed by atoms with van der Waals surface area (Å²) >= 11 is 0. The number of nitrogens with one attached hydrogen (secondary N) is 1. The molecule has 9 heavy (non-hydrogen) atoms. The minimum absolute atomic E-state index is 0.584. The van der Waals surface area contributed by atoms with Gasteiger partial charge in [-0.2, -0.15) is 13.1 Å². The van der Waals surface area contributed by atoms with E-state index in [1.807, 2.05) is 0 Å². The van der Waals surface area contributed by atoms with Gasteiger partial charge in [-0.15, -0.1) is 0 Å². The predicted molar refractivity (Wildman–Crippen MR) is 28.7 cm³/mol. The fraction of sp³-hybridized carbons (Fsp3) is 0.500. The van der Waals surface area contributed by atoms with Crippen LogP contribution in [-0.4, -0.2) is 25.4 Å². The number of carbonyl (C=O) groups excluding carboxylic acids is 1. The zero-order chi connectivity index (χ0) is 7.49. The third kappa shape index (κ3) is 7.34. The van der Waals surface area contributed by atoms with E-state index in [2.05, 4.69) is 5.73 Å². The van der Waals surface area contributed by atoms with Crippen LogP contribution in [0.1, 0.15) is 0 Å². The Morgan fingerprint density at radius 2 is 2.11 bits per heavy atom. The van der Waals surface area contributed by atoms with Crippen LogP contribution < -0.4 is 10.5 Å². The van der Waals surface area contributed by atoms with E-state index in [1.165, 1.54) is 4.72 Å². The highest BCUT2D eigenvalue weighted by Gasteiger charge is 2.02. The van der Waals surface area contributed by atoms with Crippen molar-refractivity contribution in [1.82, 2.24) is 4.72 Å². The molecule has 0 aliphatic carbocycles. The van der Waals surface area contributed by atoms with E-state index in [0.717, 1.165) is 0 Å². The van der Waals surface area contributed by atoms with Gasteiger partial charge >= 0.3 is 10.3 Å². The first-order valence-electron chi connectivity index (χ1n) is 1.92. The molecule has 0 radical (unpaired) electrons. The Balaban J connectivity index is 3.67. The van der Waals surface area contributed by atoms with Gasteiger partial charge in [0.15, 0.2) is 0 Å². The summed E-state index contributed by atoms with van der Waals surface area (Å²) in [6.45, 7) is -0.584. The van der Waals surface area contributed by atoms with Crippen molar-refractivity contribution in [2.45, 2.75) is 0 Å². The van der Waals surface area contributed by atoms with E-state index in [4.69, 9.17) is 4.55 Å². The molecule has 0 aromatic carbocycles. The molecule has 0 aromatic rings. The number of hydrogen-bond acceptors (Lipinski definition) is 3. The van der Waals surface area contributed by atoms with E-state index in [9.17, 15) is 13.2 Å². The molecule has 0 bridgehead atoms. The van der Waals surface area contributed by atoms with Crippen molar-refractivity contribution in [2.24, 2.45) is 5.73 Å². The van der Waals surface area contributed by atoms with Crippen LogP contribution in [0.3, 0.4) is 0 Å². The summed E-state index contributed by atoms with van der Waals surface area (Å²) in [6, 6.07) is 0. The number of nitrogens with two attached hydrogens (primary N) is 1. The lowest BCUT2D eigenvalue weighted by molar-refractivity contribution is -0.116. The molecule has 0 saturated heterocycles. The van der Waals surface area contributed by atoms with Gasteiger partial charge in [0, 0.05) is 0 Å². The molecule has 7 heteroatoms. The van der Waals surface area contributed by atoms with E-state index in [1.54, 1.807) is 0 Å². The third-order valence-corrected chi connectivity index (χ3v) is 0.938. The summed E-state index contributed by atoms with van der Waals surface area (Å²) in [5, 5.41) is 0. The predicted octanol–water partition coefficient (Wildman–Crippen LogP) is -2.14. The first-order valence-corrected chi connectivity index (χ1v) is 3.36. The van der Waals surface area contributed by atoms with Gasteiger partial charge in [-0.1, -0.05) is 0 Å². The number of rotatable bonds is 3. The summed E-state index contributed by atoms with van der Waals surface area (Å²) in [7, 11) is -4.27. The van der Waals surface area contributed by atoms with Crippen LogP contribution >= 0.6 is 0 Å². The van der Waals surface area contributed by atoms with Crippen LogP contribution in [0.5, 0.6) is 0 Å². The summed E-state index contributed by atoms with van der Waals surface area (Å²) in [6.07, 6.45) is 0. The Morgan fingerprint density at radius 1 is 1.67 bits per heavy atom. The van der Waals surface area contributed by atoms with Gasteiger partial charge in [-0.05, 0) is 0 Å².